The Labute approximate surface area is 185 Å². The molecule has 0 unspecified atom stereocenters. The van der Waals surface area contributed by atoms with Gasteiger partial charge in [-0.05, 0) is 17.7 Å². The summed E-state index contributed by atoms with van der Waals surface area (Å²) in [4.78, 5) is 40.3. The second kappa shape index (κ2) is 9.25. The molecule has 0 aliphatic carbocycles. The number of nitrogens with zero attached hydrogens (tertiary/aromatic N) is 2. The van der Waals surface area contributed by atoms with Crippen LogP contribution in [0.3, 0.4) is 0 Å². The van der Waals surface area contributed by atoms with Gasteiger partial charge in [-0.1, -0.05) is 0 Å². The molecule has 0 aromatic carbocycles. The van der Waals surface area contributed by atoms with Crippen molar-refractivity contribution >= 4 is 41.3 Å². The van der Waals surface area contributed by atoms with Gasteiger partial charge in [-0.15, -0.1) is 23.5 Å². The third-order valence-electron chi connectivity index (χ3n) is 3.55. The van der Waals surface area contributed by atoms with Crippen molar-refractivity contribution in [2.75, 3.05) is 18.1 Å². The van der Waals surface area contributed by atoms with Crippen LogP contribution in [0, 0.1) is 0 Å². The van der Waals surface area contributed by atoms with Crippen molar-refractivity contribution in [1.82, 2.24) is 15.2 Å². The first kappa shape index (κ1) is 16.0. The van der Waals surface area contributed by atoms with Crippen LogP contribution < -0.4 is 40.0 Å². The molecule has 0 bridgehead atoms. The molecule has 0 radical (unpaired) electrons. The minimum Gasteiger partial charge on any atom is -0.543 e. The molecule has 2 aliphatic rings. The third-order valence-corrected chi connectivity index (χ3v) is 5.79. The Morgan fingerprint density at radius 1 is 1.50 bits per heavy atom. The maximum absolute atomic E-state index is 12.3. The first-order chi connectivity index (χ1) is 13.7. The number of β-lactam (4-membered cyclic amide) rings is 1. The fraction of sp³-hybridized carbons (Fsp3) is 0.333. The fourth-order valence-electron chi connectivity index (χ4n) is 2.43. The summed E-state index contributed by atoms with van der Waals surface area (Å²) in [7, 11) is 0. The number of nitrogens with one attached hydrogen (secondary N) is 1. The van der Waals surface area contributed by atoms with Gasteiger partial charge in [0.15, 0.2) is 0 Å². The van der Waals surface area contributed by atoms with Crippen molar-refractivity contribution in [3.05, 3.63) is 35.7 Å². The van der Waals surface area contributed by atoms with E-state index < -0.39 is 48.2 Å². The summed E-state index contributed by atoms with van der Waals surface area (Å²) >= 11 is 1.98. The molecule has 2 aliphatic heterocycles. The molecule has 3 heterocycles. The average Bonchev–Trinajstić information content (AvgIpc) is 2.69. The van der Waals surface area contributed by atoms with E-state index in [2.05, 4.69) is 10.3 Å². The Hall–Kier alpha value is -1.04. The van der Waals surface area contributed by atoms with E-state index in [1.807, 2.05) is 0 Å². The molecule has 1 saturated heterocycles. The van der Waals surface area contributed by atoms with Gasteiger partial charge in [0.25, 0.3) is 5.91 Å². The molecule has 26 heavy (non-hydrogen) atoms. The van der Waals surface area contributed by atoms with Crippen LogP contribution >= 0.6 is 23.5 Å². The number of thioether (sulfide) groups is 2. The molecular formula is C15H14N3NaO5S2. The number of hydrogen-bond acceptors (Lipinski definition) is 8. The van der Waals surface area contributed by atoms with Crippen molar-refractivity contribution < 1.29 is 59.6 Å². The molecular weight excluding hydrogens is 389 g/mol. The minimum absolute atomic E-state index is 0. The third kappa shape index (κ3) is 4.26. The maximum Gasteiger partial charge on any atom is 1.00 e. The number of aliphatic carboxylic acids is 1. The molecule has 132 valence electrons. The van der Waals surface area contributed by atoms with Gasteiger partial charge in [-0.2, -0.15) is 0 Å². The molecule has 2 atom stereocenters. The van der Waals surface area contributed by atoms with Gasteiger partial charge in [0, 0.05) is 23.0 Å². The average molecular weight is 407 g/mol. The van der Waals surface area contributed by atoms with Gasteiger partial charge < -0.3 is 20.3 Å². The zero-order chi connectivity index (χ0) is 21.5. The van der Waals surface area contributed by atoms with Gasteiger partial charge in [-0.3, -0.25) is 19.5 Å². The number of rotatable bonds is 6. The quantitative estimate of drug-likeness (QED) is 0.275. The predicted octanol–water partition coefficient (Wildman–Crippen LogP) is -4.43. The largest absolute Gasteiger partial charge is 1.00 e. The van der Waals surface area contributed by atoms with Gasteiger partial charge >= 0.3 is 29.6 Å². The topological polar surface area (TPSA) is 123 Å². The van der Waals surface area contributed by atoms with E-state index >= 15 is 0 Å². The number of carbonyl (C=O) groups is 3. The maximum atomic E-state index is 12.3. The number of carbonyl (C=O) groups excluding carboxylic acids is 3. The van der Waals surface area contributed by atoms with Gasteiger partial charge in [0.05, 0.1) is 29.5 Å². The molecule has 8 nitrogen and oxygen atoms in total. The van der Waals surface area contributed by atoms with Gasteiger partial charge in [-0.25, -0.2) is 0 Å². The Kier molecular flexibility index (Phi) is 5.68. The summed E-state index contributed by atoms with van der Waals surface area (Å²) in [5.41, 5.74) is -0.206. The van der Waals surface area contributed by atoms with Crippen molar-refractivity contribution in [2.45, 2.75) is 16.3 Å². The molecule has 0 saturated carbocycles. The Morgan fingerprint density at radius 3 is 2.81 bits per heavy atom. The standard InChI is InChI=1S/C15H15N3O5S2.Na/c19-5-8-6-25-14-11(13(21)18(14)12(8)15(22)23)17-10(20)7-24-9-1-3-16-4-2-9;/h1-4,11,14,19H,5-7H2,(H,17,20)(H,22,23);/q;+1/p-1/t11-,14-;/m1./s1/i1D,2D,3D,4D;. The van der Waals surface area contributed by atoms with Crippen molar-refractivity contribution in [3.8, 4) is 0 Å². The summed E-state index contributed by atoms with van der Waals surface area (Å²) < 4.78 is 30.5. The van der Waals surface area contributed by atoms with Crippen LogP contribution in [0.25, 0.3) is 0 Å². The van der Waals surface area contributed by atoms with Gasteiger partial charge in [0.1, 0.15) is 11.4 Å². The van der Waals surface area contributed by atoms with E-state index in [1.165, 1.54) is 11.8 Å². The predicted molar refractivity (Wildman–Crippen MR) is 89.1 cm³/mol. The Morgan fingerprint density at radius 2 is 2.19 bits per heavy atom. The number of hydrogen-bond donors (Lipinski definition) is 2. The molecule has 1 aromatic heterocycles. The van der Waals surface area contributed by atoms with E-state index in [1.54, 1.807) is 0 Å². The van der Waals surface area contributed by atoms with E-state index in [0.717, 1.165) is 16.7 Å². The SMILES string of the molecule is [2H]c1nc([2H])c([2H])c(SCC(=O)N[C@@H]2C(=O)N3C(C(=O)[O-])=C(CO)CS[C@H]23)c1[2H].[Na+]. The van der Waals surface area contributed by atoms with E-state index in [4.69, 9.17) is 5.48 Å². The number of pyridine rings is 1. The van der Waals surface area contributed by atoms with Crippen LogP contribution in [0.5, 0.6) is 0 Å². The zero-order valence-corrected chi connectivity index (χ0v) is 17.2. The van der Waals surface area contributed by atoms with Gasteiger partial charge in [0.2, 0.25) is 5.91 Å². The summed E-state index contributed by atoms with van der Waals surface area (Å²) in [6.45, 7) is -0.521. The number of carboxylic acid groups (broad SMARTS) is 1. The molecule has 2 amide bonds. The summed E-state index contributed by atoms with van der Waals surface area (Å²) in [5, 5.41) is 22.4. The van der Waals surface area contributed by atoms with Crippen LogP contribution in [0.15, 0.2) is 40.6 Å². The first-order valence-corrected chi connectivity index (χ1v) is 9.06. The van der Waals surface area contributed by atoms with Crippen LogP contribution in [-0.4, -0.2) is 62.3 Å². The summed E-state index contributed by atoms with van der Waals surface area (Å²) in [6.07, 6.45) is -0.947. The van der Waals surface area contributed by atoms with Crippen LogP contribution in [0.4, 0.5) is 0 Å². The van der Waals surface area contributed by atoms with E-state index in [-0.39, 0.29) is 69.3 Å². The van der Waals surface area contributed by atoms with Crippen molar-refractivity contribution in [2.24, 2.45) is 0 Å². The molecule has 0 spiro atoms. The number of aromatic nitrogens is 1. The minimum atomic E-state index is -1.57. The zero-order valence-electron chi connectivity index (χ0n) is 17.6. The molecule has 11 heteroatoms. The monoisotopic (exact) mass is 407 g/mol. The number of carboxylic acids is 1. The number of fused-ring (bicyclic) bond motifs is 1. The molecule has 1 fully saturated rings. The Bertz CT molecular complexity index is 925. The second-order valence-electron chi connectivity index (χ2n) is 5.06. The normalized spacial score (nSPS) is 23.6. The van der Waals surface area contributed by atoms with Crippen LogP contribution in [0.2, 0.25) is 0 Å². The van der Waals surface area contributed by atoms with E-state index in [9.17, 15) is 24.6 Å². The second-order valence-corrected chi connectivity index (χ2v) is 7.15. The fourth-order valence-corrected chi connectivity index (χ4v) is 4.36. The van der Waals surface area contributed by atoms with E-state index in [0.29, 0.717) is 0 Å². The number of aliphatic hydroxyl groups is 1. The molecule has 1 aromatic rings. The molecule has 3 rings (SSSR count). The van der Waals surface area contributed by atoms with Crippen LogP contribution in [0.1, 0.15) is 5.48 Å². The van der Waals surface area contributed by atoms with Crippen molar-refractivity contribution in [1.29, 1.82) is 0 Å². The van der Waals surface area contributed by atoms with Crippen molar-refractivity contribution in [3.63, 3.8) is 0 Å². The smallest absolute Gasteiger partial charge is 0.543 e. The number of aliphatic hydroxyl groups excluding tert-OH is 1. The summed E-state index contributed by atoms with van der Waals surface area (Å²) in [5.74, 6) is -2.90. The first-order valence-electron chi connectivity index (χ1n) is 9.02. The Balaban J connectivity index is 0.00000320. The van der Waals surface area contributed by atoms with Crippen LogP contribution in [-0.2, 0) is 14.4 Å². The molecule has 2 N–H and O–H groups in total. The number of amides is 2. The summed E-state index contributed by atoms with van der Waals surface area (Å²) in [6, 6.07) is -1.68.